The van der Waals surface area contributed by atoms with Gasteiger partial charge in [0.15, 0.2) is 11.6 Å². The lowest BCUT2D eigenvalue weighted by atomic mass is 10.0. The predicted octanol–water partition coefficient (Wildman–Crippen LogP) is 1.34. The molecular weight excluding hydrogens is 721 g/mol. The summed E-state index contributed by atoms with van der Waals surface area (Å²) in [5.41, 5.74) is 4.99. The summed E-state index contributed by atoms with van der Waals surface area (Å²) in [4.78, 5) is 68.9. The predicted molar refractivity (Wildman–Crippen MR) is 200 cm³/mol. The van der Waals surface area contributed by atoms with Gasteiger partial charge < -0.3 is 30.7 Å². The third kappa shape index (κ3) is 10.6. The smallest absolute Gasteiger partial charge is 0.408 e. The molecule has 1 aromatic rings. The van der Waals surface area contributed by atoms with Crippen molar-refractivity contribution < 1.29 is 41.9 Å². The molecule has 2 aliphatic carbocycles. The molecule has 1 heterocycles. The number of hydrazine groups is 1. The number of ether oxygens (including phenoxy) is 2. The molecule has 4 amide bonds. The molecular formula is C36H52N8O9S. The van der Waals surface area contributed by atoms with Gasteiger partial charge in [-0.15, -0.1) is 11.7 Å². The fourth-order valence-corrected chi connectivity index (χ4v) is 7.49. The molecule has 54 heavy (non-hydrogen) atoms. The number of benzene rings is 1. The van der Waals surface area contributed by atoms with Gasteiger partial charge in [0.1, 0.15) is 29.0 Å². The number of rotatable bonds is 16. The molecule has 0 aromatic heterocycles. The van der Waals surface area contributed by atoms with Gasteiger partial charge in [0.25, 0.3) is 5.91 Å². The molecule has 0 radical (unpaired) electrons. The van der Waals surface area contributed by atoms with Crippen molar-refractivity contribution in [3.8, 4) is 5.75 Å². The van der Waals surface area contributed by atoms with E-state index in [1.54, 1.807) is 58.9 Å². The zero-order valence-corrected chi connectivity index (χ0v) is 32.4. The Bertz CT molecular complexity index is 1800. The zero-order chi connectivity index (χ0) is 40.2. The minimum atomic E-state index is -3.95. The normalized spacial score (nSPS) is 23.0. The Morgan fingerprint density at radius 2 is 1.80 bits per heavy atom. The first-order valence-corrected chi connectivity index (χ1v) is 19.2. The lowest BCUT2D eigenvalue weighted by Crippen LogP contribution is -2.58. The van der Waals surface area contributed by atoms with Crippen molar-refractivity contribution in [2.75, 3.05) is 13.7 Å². The van der Waals surface area contributed by atoms with Crippen molar-refractivity contribution in [1.29, 1.82) is 0 Å². The lowest BCUT2D eigenvalue weighted by molar-refractivity contribution is -0.141. The summed E-state index contributed by atoms with van der Waals surface area (Å²) >= 11 is 0. The molecule has 2 saturated carbocycles. The third-order valence-corrected chi connectivity index (χ3v) is 11.0. The monoisotopic (exact) mass is 772 g/mol. The van der Waals surface area contributed by atoms with Gasteiger partial charge in [0.05, 0.1) is 18.4 Å². The minimum Gasteiger partial charge on any atom is -0.497 e. The number of ketones is 1. The van der Waals surface area contributed by atoms with Crippen LogP contribution in [0.5, 0.6) is 5.75 Å². The van der Waals surface area contributed by atoms with Crippen LogP contribution in [0.1, 0.15) is 78.7 Å². The van der Waals surface area contributed by atoms with Gasteiger partial charge >= 0.3 is 6.09 Å². The Morgan fingerprint density at radius 3 is 2.33 bits per heavy atom. The molecule has 0 bridgehead atoms. The zero-order valence-electron chi connectivity index (χ0n) is 31.6. The van der Waals surface area contributed by atoms with Gasteiger partial charge in [-0.1, -0.05) is 11.6 Å². The number of hydrogen-bond acceptors (Lipinski definition) is 12. The second kappa shape index (κ2) is 16.6. The van der Waals surface area contributed by atoms with Crippen molar-refractivity contribution in [2.24, 2.45) is 22.6 Å². The van der Waals surface area contributed by atoms with Crippen LogP contribution in [0.15, 0.2) is 53.7 Å². The summed E-state index contributed by atoms with van der Waals surface area (Å²) < 4.78 is 38.0. The molecule has 7 N–H and O–H groups in total. The number of hydrogen-bond donors (Lipinski definition) is 5. The molecule has 0 spiro atoms. The van der Waals surface area contributed by atoms with Crippen LogP contribution in [0.25, 0.3) is 0 Å². The number of nitrogens with two attached hydrogens (primary N) is 2. The second-order valence-corrected chi connectivity index (χ2v) is 17.1. The number of sulfonamides is 1. The van der Waals surface area contributed by atoms with Gasteiger partial charge in [-0.05, 0) is 90.6 Å². The number of nitrogens with zero attached hydrogens (tertiary/aromatic N) is 3. The van der Waals surface area contributed by atoms with Crippen LogP contribution in [0.2, 0.25) is 0 Å². The molecule has 3 aliphatic rings. The number of amidine groups is 1. The van der Waals surface area contributed by atoms with E-state index in [4.69, 9.17) is 21.1 Å². The second-order valence-electron chi connectivity index (χ2n) is 15.1. The lowest BCUT2D eigenvalue weighted by Gasteiger charge is -2.30. The van der Waals surface area contributed by atoms with E-state index in [2.05, 4.69) is 27.0 Å². The minimum absolute atomic E-state index is 0.0347. The Hall–Kier alpha value is -4.97. The van der Waals surface area contributed by atoms with Crippen LogP contribution in [-0.4, -0.2) is 102 Å². The maximum atomic E-state index is 14.4. The molecule has 1 aromatic carbocycles. The van der Waals surface area contributed by atoms with Crippen molar-refractivity contribution in [2.45, 2.75) is 108 Å². The molecule has 0 unspecified atom stereocenters. The van der Waals surface area contributed by atoms with E-state index in [9.17, 15) is 32.4 Å². The van der Waals surface area contributed by atoms with Gasteiger partial charge in [-0.25, -0.2) is 24.2 Å². The number of carbonyl (C=O) groups excluding carboxylic acids is 5. The highest BCUT2D eigenvalue weighted by Gasteiger charge is 2.62. The topological polar surface area (TPSA) is 245 Å². The number of likely N-dealkylation sites (tertiary alicyclic amines) is 1. The van der Waals surface area contributed by atoms with Crippen LogP contribution >= 0.6 is 0 Å². The average molecular weight is 773 g/mol. The highest BCUT2D eigenvalue weighted by atomic mass is 32.2. The number of methoxy groups -OCH3 is 1. The number of amides is 4. The summed E-state index contributed by atoms with van der Waals surface area (Å²) in [5.74, 6) is 3.76. The number of alkyl carbamates (subject to hydrolysis) is 1. The number of carbonyl (C=O) groups is 5. The quantitative estimate of drug-likeness (QED) is 0.0399. The number of hydrazone groups is 1. The van der Waals surface area contributed by atoms with Crippen molar-refractivity contribution in [3.05, 3.63) is 54.1 Å². The van der Waals surface area contributed by atoms with Gasteiger partial charge in [-0.2, -0.15) is 0 Å². The Morgan fingerprint density at radius 1 is 1.15 bits per heavy atom. The molecule has 18 heteroatoms. The van der Waals surface area contributed by atoms with E-state index in [1.807, 2.05) is 0 Å². The van der Waals surface area contributed by atoms with Crippen LogP contribution in [-0.2, 0) is 33.9 Å². The SMILES string of the molecule is C=C[C@@H]1C[C@]1(NC(=O)[C@@H]1C[C@@H](N(N)N=C(N)c2ccc(OC)cc2)CN1C(=O)[C@H](CCC(=O)C=C(C)C)NC(=O)OC(C)(C)C)C(=O)NS(=O)(=O)C1CC1. The van der Waals surface area contributed by atoms with Crippen LogP contribution < -0.4 is 31.7 Å². The van der Waals surface area contributed by atoms with Crippen LogP contribution in [0.4, 0.5) is 4.79 Å². The summed E-state index contributed by atoms with van der Waals surface area (Å²) in [6, 6.07) is 3.33. The van der Waals surface area contributed by atoms with Crippen molar-refractivity contribution in [3.63, 3.8) is 0 Å². The summed E-state index contributed by atoms with van der Waals surface area (Å²) in [7, 11) is -2.42. The fourth-order valence-electron chi connectivity index (χ4n) is 6.13. The molecule has 1 aliphatic heterocycles. The summed E-state index contributed by atoms with van der Waals surface area (Å²) in [6.45, 7) is 12.0. The van der Waals surface area contributed by atoms with Crippen LogP contribution in [0, 0.1) is 5.92 Å². The standard InChI is InChI=1S/C36H52N8O9S/c1-8-23-19-36(23,33(48)42-54(50,51)27-14-15-27)40-31(46)29-18-24(44(38)41-30(37)22-9-12-26(52-7)13-10-22)20-43(29)32(47)28(16-11-25(45)17-21(2)3)39-34(49)53-35(4,5)6/h8-10,12-13,17,23-24,27-29H,1,11,14-16,18-20,38H2,2-7H3,(H2,37,41)(H,39,49)(H,40,46)(H,42,48)/t23-,24-,28+,29+,36-/m1/s1. The summed E-state index contributed by atoms with van der Waals surface area (Å²) in [5, 5.41) is 9.93. The Kier molecular flexibility index (Phi) is 12.8. The molecule has 5 atom stereocenters. The largest absolute Gasteiger partial charge is 0.497 e. The number of allylic oxidation sites excluding steroid dienone is 2. The highest BCUT2D eigenvalue weighted by molar-refractivity contribution is 7.91. The van der Waals surface area contributed by atoms with E-state index in [0.717, 1.165) is 10.7 Å². The van der Waals surface area contributed by atoms with E-state index in [1.165, 1.54) is 24.2 Å². The summed E-state index contributed by atoms with van der Waals surface area (Å²) in [6.07, 6.45) is 2.55. The van der Waals surface area contributed by atoms with Crippen LogP contribution in [0.3, 0.4) is 0 Å². The van der Waals surface area contributed by atoms with Gasteiger partial charge in [0.2, 0.25) is 21.8 Å². The Labute approximate surface area is 315 Å². The van der Waals surface area contributed by atoms with E-state index in [-0.39, 0.29) is 43.8 Å². The van der Waals surface area contributed by atoms with E-state index >= 15 is 0 Å². The molecule has 17 nitrogen and oxygen atoms in total. The molecule has 1 saturated heterocycles. The first kappa shape index (κ1) is 41.8. The Balaban J connectivity index is 1.65. The van der Waals surface area contributed by atoms with Gasteiger partial charge in [-0.3, -0.25) is 23.9 Å². The maximum absolute atomic E-state index is 14.4. The fraction of sp³-hybridized carbons (Fsp3) is 0.556. The third-order valence-electron chi connectivity index (χ3n) is 9.21. The first-order chi connectivity index (χ1) is 25.2. The van der Waals surface area contributed by atoms with E-state index in [0.29, 0.717) is 24.2 Å². The molecule has 296 valence electrons. The van der Waals surface area contributed by atoms with E-state index < -0.39 is 74.3 Å². The number of nitrogens with one attached hydrogen (secondary N) is 3. The molecule has 3 fully saturated rings. The van der Waals surface area contributed by atoms with Crippen molar-refractivity contribution in [1.82, 2.24) is 25.4 Å². The van der Waals surface area contributed by atoms with Crippen molar-refractivity contribution >= 4 is 45.5 Å². The highest BCUT2D eigenvalue weighted by Crippen LogP contribution is 2.45. The first-order valence-electron chi connectivity index (χ1n) is 17.7. The van der Waals surface area contributed by atoms with Gasteiger partial charge in [0, 0.05) is 30.9 Å². The average Bonchev–Trinajstić information content (AvgIpc) is 4.01. The molecule has 4 rings (SSSR count). The maximum Gasteiger partial charge on any atom is 0.408 e.